The van der Waals surface area contributed by atoms with E-state index < -0.39 is 0 Å². The third-order valence-electron chi connectivity index (χ3n) is 2.50. The minimum atomic E-state index is 0.125. The maximum atomic E-state index is 9.03. The fourth-order valence-electron chi connectivity index (χ4n) is 1.86. The number of hydrogen-bond acceptors (Lipinski definition) is 2. The number of imidazole rings is 1. The highest BCUT2D eigenvalue weighted by atomic mass is 16.3. The predicted molar refractivity (Wildman–Crippen MR) is 65.3 cm³/mol. The van der Waals surface area contributed by atoms with Crippen molar-refractivity contribution in [1.82, 2.24) is 9.55 Å². The van der Waals surface area contributed by atoms with E-state index in [0.29, 0.717) is 6.42 Å². The maximum Gasteiger partial charge on any atom is 0.112 e. The second kappa shape index (κ2) is 4.49. The highest BCUT2D eigenvalue weighted by molar-refractivity contribution is 5.76. The fourth-order valence-corrected chi connectivity index (χ4v) is 1.86. The van der Waals surface area contributed by atoms with Gasteiger partial charge in [-0.05, 0) is 19.1 Å². The van der Waals surface area contributed by atoms with Gasteiger partial charge < -0.3 is 9.67 Å². The Morgan fingerprint density at radius 3 is 2.88 bits per heavy atom. The average molecular weight is 216 g/mol. The van der Waals surface area contributed by atoms with Crippen molar-refractivity contribution in [3.63, 3.8) is 0 Å². The molecule has 0 amide bonds. The van der Waals surface area contributed by atoms with Crippen LogP contribution in [0.15, 0.2) is 36.4 Å². The molecule has 0 aliphatic heterocycles. The van der Waals surface area contributed by atoms with Gasteiger partial charge in [-0.2, -0.15) is 0 Å². The van der Waals surface area contributed by atoms with E-state index in [0.717, 1.165) is 29.0 Å². The summed E-state index contributed by atoms with van der Waals surface area (Å²) >= 11 is 0. The standard InChI is InChI=1S/C13H16N2O/c1-10(2)9-15-12-6-4-3-5-11(12)14-13(15)7-8-16/h3-6,16H,1,7-9H2,2H3. The fraction of sp³-hybridized carbons (Fsp3) is 0.308. The van der Waals surface area contributed by atoms with Crippen molar-refractivity contribution < 1.29 is 5.11 Å². The van der Waals surface area contributed by atoms with E-state index in [1.54, 1.807) is 0 Å². The number of hydrogen-bond donors (Lipinski definition) is 1. The molecule has 3 nitrogen and oxygen atoms in total. The molecule has 1 aromatic heterocycles. The molecule has 1 aromatic carbocycles. The summed E-state index contributed by atoms with van der Waals surface area (Å²) in [7, 11) is 0. The van der Waals surface area contributed by atoms with Gasteiger partial charge in [0.15, 0.2) is 0 Å². The second-order valence-corrected chi connectivity index (χ2v) is 4.03. The first-order chi connectivity index (χ1) is 7.72. The summed E-state index contributed by atoms with van der Waals surface area (Å²) in [5.41, 5.74) is 3.17. The summed E-state index contributed by atoms with van der Waals surface area (Å²) in [6, 6.07) is 8.02. The molecule has 0 spiro atoms. The highest BCUT2D eigenvalue weighted by Crippen LogP contribution is 2.17. The Bertz CT molecular complexity index is 514. The summed E-state index contributed by atoms with van der Waals surface area (Å²) in [6.45, 7) is 6.81. The van der Waals surface area contributed by atoms with Crippen molar-refractivity contribution in [3.05, 3.63) is 42.2 Å². The number of aliphatic hydroxyl groups is 1. The molecule has 0 fully saturated rings. The van der Waals surface area contributed by atoms with Gasteiger partial charge in [-0.1, -0.05) is 24.3 Å². The van der Waals surface area contributed by atoms with E-state index in [9.17, 15) is 0 Å². The van der Waals surface area contributed by atoms with Crippen LogP contribution < -0.4 is 0 Å². The zero-order chi connectivity index (χ0) is 11.5. The van der Waals surface area contributed by atoms with Crippen molar-refractivity contribution in [1.29, 1.82) is 0 Å². The third kappa shape index (κ3) is 1.99. The Hall–Kier alpha value is -1.61. The molecule has 1 N–H and O–H groups in total. The molecular weight excluding hydrogens is 200 g/mol. The topological polar surface area (TPSA) is 38.0 Å². The monoisotopic (exact) mass is 216 g/mol. The van der Waals surface area contributed by atoms with Crippen LogP contribution in [0.5, 0.6) is 0 Å². The molecule has 2 rings (SSSR count). The van der Waals surface area contributed by atoms with Crippen LogP contribution in [0, 0.1) is 0 Å². The highest BCUT2D eigenvalue weighted by Gasteiger charge is 2.09. The van der Waals surface area contributed by atoms with Crippen LogP contribution in [0.3, 0.4) is 0 Å². The van der Waals surface area contributed by atoms with Crippen LogP contribution in [-0.2, 0) is 13.0 Å². The largest absolute Gasteiger partial charge is 0.396 e. The second-order valence-electron chi connectivity index (χ2n) is 4.03. The van der Waals surface area contributed by atoms with Crippen LogP contribution in [0.1, 0.15) is 12.7 Å². The van der Waals surface area contributed by atoms with E-state index in [-0.39, 0.29) is 6.61 Å². The molecule has 0 saturated heterocycles. The lowest BCUT2D eigenvalue weighted by molar-refractivity contribution is 0.295. The number of aliphatic hydroxyl groups excluding tert-OH is 1. The summed E-state index contributed by atoms with van der Waals surface area (Å²) in [6.07, 6.45) is 0.585. The quantitative estimate of drug-likeness (QED) is 0.795. The molecule has 16 heavy (non-hydrogen) atoms. The van der Waals surface area contributed by atoms with E-state index in [4.69, 9.17) is 5.11 Å². The zero-order valence-corrected chi connectivity index (χ0v) is 9.48. The van der Waals surface area contributed by atoms with E-state index in [2.05, 4.69) is 16.1 Å². The minimum absolute atomic E-state index is 0.125. The first-order valence-electron chi connectivity index (χ1n) is 5.41. The summed E-state index contributed by atoms with van der Waals surface area (Å²) in [5.74, 6) is 0.923. The van der Waals surface area contributed by atoms with Crippen LogP contribution in [0.2, 0.25) is 0 Å². The van der Waals surface area contributed by atoms with Gasteiger partial charge in [0.2, 0.25) is 0 Å². The number of aromatic nitrogens is 2. The van der Waals surface area contributed by atoms with Crippen molar-refractivity contribution in [2.45, 2.75) is 19.9 Å². The Labute approximate surface area is 95.0 Å². The van der Waals surface area contributed by atoms with Crippen LogP contribution in [-0.4, -0.2) is 21.3 Å². The van der Waals surface area contributed by atoms with E-state index in [1.807, 2.05) is 31.2 Å². The molecule has 0 aliphatic rings. The number of nitrogens with zero attached hydrogens (tertiary/aromatic N) is 2. The molecule has 0 aliphatic carbocycles. The van der Waals surface area contributed by atoms with Gasteiger partial charge in [-0.15, -0.1) is 0 Å². The van der Waals surface area contributed by atoms with Crippen molar-refractivity contribution in [2.75, 3.05) is 6.61 Å². The number of para-hydroxylation sites is 2. The van der Waals surface area contributed by atoms with Crippen molar-refractivity contribution in [2.24, 2.45) is 0 Å². The molecule has 84 valence electrons. The number of rotatable bonds is 4. The zero-order valence-electron chi connectivity index (χ0n) is 9.48. The molecule has 0 radical (unpaired) electrons. The van der Waals surface area contributed by atoms with Crippen LogP contribution in [0.4, 0.5) is 0 Å². The SMILES string of the molecule is C=C(C)Cn1c(CCO)nc2ccccc21. The Kier molecular flexibility index (Phi) is 3.06. The normalized spacial score (nSPS) is 10.9. The average Bonchev–Trinajstić information content (AvgIpc) is 2.57. The lowest BCUT2D eigenvalue weighted by Crippen LogP contribution is -2.06. The Morgan fingerprint density at radius 1 is 1.44 bits per heavy atom. The molecular formula is C13H16N2O. The van der Waals surface area contributed by atoms with Gasteiger partial charge in [0.25, 0.3) is 0 Å². The van der Waals surface area contributed by atoms with Crippen LogP contribution in [0.25, 0.3) is 11.0 Å². The third-order valence-corrected chi connectivity index (χ3v) is 2.50. The summed E-state index contributed by atoms with van der Waals surface area (Å²) < 4.78 is 2.12. The molecule has 0 bridgehead atoms. The van der Waals surface area contributed by atoms with Crippen molar-refractivity contribution >= 4 is 11.0 Å². The van der Waals surface area contributed by atoms with Gasteiger partial charge in [-0.3, -0.25) is 0 Å². The smallest absolute Gasteiger partial charge is 0.112 e. The Balaban J connectivity index is 2.54. The number of benzene rings is 1. The lowest BCUT2D eigenvalue weighted by Gasteiger charge is -2.07. The molecule has 0 unspecified atom stereocenters. The van der Waals surface area contributed by atoms with Gasteiger partial charge >= 0.3 is 0 Å². The van der Waals surface area contributed by atoms with Crippen molar-refractivity contribution in [3.8, 4) is 0 Å². The summed E-state index contributed by atoms with van der Waals surface area (Å²) in [5, 5.41) is 9.03. The first kappa shape index (κ1) is 10.9. The van der Waals surface area contributed by atoms with Gasteiger partial charge in [0.05, 0.1) is 17.6 Å². The number of fused-ring (bicyclic) bond motifs is 1. The van der Waals surface area contributed by atoms with Gasteiger partial charge in [0.1, 0.15) is 5.82 Å². The van der Waals surface area contributed by atoms with E-state index >= 15 is 0 Å². The molecule has 3 heteroatoms. The maximum absolute atomic E-state index is 9.03. The Morgan fingerprint density at radius 2 is 2.19 bits per heavy atom. The molecule has 2 aromatic rings. The summed E-state index contributed by atoms with van der Waals surface area (Å²) in [4.78, 5) is 4.52. The minimum Gasteiger partial charge on any atom is -0.396 e. The first-order valence-corrected chi connectivity index (χ1v) is 5.41. The molecule has 0 atom stereocenters. The van der Waals surface area contributed by atoms with Crippen LogP contribution >= 0.6 is 0 Å². The van der Waals surface area contributed by atoms with E-state index in [1.165, 1.54) is 0 Å². The lowest BCUT2D eigenvalue weighted by atomic mass is 10.3. The number of allylic oxidation sites excluding steroid dienone is 1. The predicted octanol–water partition coefficient (Wildman–Crippen LogP) is 2.15. The van der Waals surface area contributed by atoms with Gasteiger partial charge in [-0.25, -0.2) is 4.98 Å². The van der Waals surface area contributed by atoms with Gasteiger partial charge in [0, 0.05) is 13.0 Å². The molecule has 0 saturated carbocycles. The molecule has 1 heterocycles.